The summed E-state index contributed by atoms with van der Waals surface area (Å²) in [5.74, 6) is -2.01. The van der Waals surface area contributed by atoms with E-state index in [0.29, 0.717) is 17.3 Å². The summed E-state index contributed by atoms with van der Waals surface area (Å²) in [6, 6.07) is 6.56. The molecule has 0 radical (unpaired) electrons. The first-order valence-corrected chi connectivity index (χ1v) is 8.23. The molecule has 0 bridgehead atoms. The predicted octanol–water partition coefficient (Wildman–Crippen LogP) is 4.14. The maximum Gasteiger partial charge on any atom is 0.265 e. The lowest BCUT2D eigenvalue weighted by atomic mass is 10.1. The average Bonchev–Trinajstić information content (AvgIpc) is 2.30. The molecule has 0 spiro atoms. The van der Waals surface area contributed by atoms with E-state index < -0.39 is 26.6 Å². The zero-order valence-electron chi connectivity index (χ0n) is 11.2. The Bertz CT molecular complexity index is 784. The van der Waals surface area contributed by atoms with Crippen LogP contribution in [0.25, 0.3) is 0 Å². The van der Waals surface area contributed by atoms with Crippen LogP contribution < -0.4 is 4.72 Å². The van der Waals surface area contributed by atoms with Crippen LogP contribution in [0.4, 0.5) is 14.5 Å². The van der Waals surface area contributed by atoms with Gasteiger partial charge in [0.15, 0.2) is 0 Å². The van der Waals surface area contributed by atoms with Crippen molar-refractivity contribution >= 4 is 31.6 Å². The topological polar surface area (TPSA) is 46.2 Å². The highest BCUT2D eigenvalue weighted by molar-refractivity contribution is 9.10. The smallest absolute Gasteiger partial charge is 0.265 e. The zero-order valence-corrected chi connectivity index (χ0v) is 13.6. The highest BCUT2D eigenvalue weighted by Gasteiger charge is 2.24. The standard InChI is InChI=1S/C14H12BrF2NO2S/c1-8-3-4-13(9(2)5-8)18-21(19,20)14-11(15)6-10(16)7-12(14)17/h3-7,18H,1-2H3. The normalized spacial score (nSPS) is 11.5. The summed E-state index contributed by atoms with van der Waals surface area (Å²) in [7, 11) is -4.17. The molecule has 0 aromatic heterocycles. The summed E-state index contributed by atoms with van der Waals surface area (Å²) < 4.78 is 53.5. The van der Waals surface area contributed by atoms with Gasteiger partial charge in [0.25, 0.3) is 10.0 Å². The molecule has 0 saturated carbocycles. The van der Waals surface area contributed by atoms with E-state index in [2.05, 4.69) is 20.7 Å². The highest BCUT2D eigenvalue weighted by Crippen LogP contribution is 2.29. The van der Waals surface area contributed by atoms with Crippen LogP contribution in [-0.4, -0.2) is 8.42 Å². The highest BCUT2D eigenvalue weighted by atomic mass is 79.9. The third-order valence-corrected chi connectivity index (χ3v) is 5.19. The molecule has 3 nitrogen and oxygen atoms in total. The van der Waals surface area contributed by atoms with E-state index in [4.69, 9.17) is 0 Å². The molecule has 1 N–H and O–H groups in total. The lowest BCUT2D eigenvalue weighted by Crippen LogP contribution is -2.16. The van der Waals surface area contributed by atoms with Gasteiger partial charge >= 0.3 is 0 Å². The van der Waals surface area contributed by atoms with Crippen LogP contribution in [-0.2, 0) is 10.0 Å². The Morgan fingerprint density at radius 1 is 1.10 bits per heavy atom. The lowest BCUT2D eigenvalue weighted by Gasteiger charge is -2.13. The Kier molecular flexibility index (Phi) is 4.34. The quantitative estimate of drug-likeness (QED) is 0.875. The van der Waals surface area contributed by atoms with Gasteiger partial charge in [0.05, 0.1) is 5.69 Å². The van der Waals surface area contributed by atoms with Crippen molar-refractivity contribution in [3.8, 4) is 0 Å². The van der Waals surface area contributed by atoms with Crippen molar-refractivity contribution in [1.29, 1.82) is 0 Å². The van der Waals surface area contributed by atoms with Crippen LogP contribution in [0.3, 0.4) is 0 Å². The van der Waals surface area contributed by atoms with Crippen LogP contribution in [0.2, 0.25) is 0 Å². The van der Waals surface area contributed by atoms with Gasteiger partial charge in [-0.15, -0.1) is 0 Å². The molecular weight excluding hydrogens is 364 g/mol. The number of nitrogens with one attached hydrogen (secondary N) is 1. The molecule has 2 rings (SSSR count). The molecule has 0 heterocycles. The fourth-order valence-electron chi connectivity index (χ4n) is 1.91. The second-order valence-electron chi connectivity index (χ2n) is 4.62. The van der Waals surface area contributed by atoms with E-state index in [1.54, 1.807) is 25.1 Å². The summed E-state index contributed by atoms with van der Waals surface area (Å²) in [4.78, 5) is -0.621. The summed E-state index contributed by atoms with van der Waals surface area (Å²) >= 11 is 2.88. The van der Waals surface area contributed by atoms with E-state index in [-0.39, 0.29) is 4.47 Å². The minimum Gasteiger partial charge on any atom is -0.279 e. The first kappa shape index (κ1) is 15.9. The molecule has 21 heavy (non-hydrogen) atoms. The SMILES string of the molecule is Cc1ccc(NS(=O)(=O)c2c(F)cc(F)cc2Br)c(C)c1. The number of hydrogen-bond acceptors (Lipinski definition) is 2. The third kappa shape index (κ3) is 3.41. The molecule has 0 aliphatic heterocycles. The Morgan fingerprint density at radius 3 is 2.33 bits per heavy atom. The lowest BCUT2D eigenvalue weighted by molar-refractivity contribution is 0.548. The Balaban J connectivity index is 2.48. The van der Waals surface area contributed by atoms with Crippen LogP contribution >= 0.6 is 15.9 Å². The predicted molar refractivity (Wildman–Crippen MR) is 80.8 cm³/mol. The number of aryl methyl sites for hydroxylation is 2. The minimum absolute atomic E-state index is 0.169. The maximum absolute atomic E-state index is 13.8. The van der Waals surface area contributed by atoms with Gasteiger partial charge in [0, 0.05) is 10.5 Å². The summed E-state index contributed by atoms with van der Waals surface area (Å²) in [5.41, 5.74) is 2.03. The van der Waals surface area contributed by atoms with Gasteiger partial charge in [0.1, 0.15) is 16.5 Å². The molecule has 0 aliphatic rings. The molecule has 0 aliphatic carbocycles. The molecule has 0 saturated heterocycles. The number of halogens is 3. The zero-order chi connectivity index (χ0) is 15.8. The second kappa shape index (κ2) is 5.73. The van der Waals surface area contributed by atoms with Gasteiger partial charge in [-0.2, -0.15) is 0 Å². The first-order valence-electron chi connectivity index (χ1n) is 5.95. The van der Waals surface area contributed by atoms with Crippen molar-refractivity contribution < 1.29 is 17.2 Å². The van der Waals surface area contributed by atoms with Gasteiger partial charge in [-0.1, -0.05) is 17.7 Å². The molecule has 112 valence electrons. The molecule has 0 unspecified atom stereocenters. The molecule has 0 amide bonds. The number of sulfonamides is 1. The van der Waals surface area contributed by atoms with Crippen LogP contribution in [0.15, 0.2) is 39.7 Å². The fourth-order valence-corrected chi connectivity index (χ4v) is 4.21. The number of anilines is 1. The largest absolute Gasteiger partial charge is 0.279 e. The average molecular weight is 376 g/mol. The second-order valence-corrected chi connectivity index (χ2v) is 7.10. The van der Waals surface area contributed by atoms with E-state index >= 15 is 0 Å². The van der Waals surface area contributed by atoms with Crippen molar-refractivity contribution in [1.82, 2.24) is 0 Å². The molecule has 7 heteroatoms. The van der Waals surface area contributed by atoms with Gasteiger partial charge in [-0.3, -0.25) is 4.72 Å². The van der Waals surface area contributed by atoms with Crippen molar-refractivity contribution in [2.75, 3.05) is 4.72 Å². The van der Waals surface area contributed by atoms with Crippen molar-refractivity contribution in [2.45, 2.75) is 18.7 Å². The monoisotopic (exact) mass is 375 g/mol. The van der Waals surface area contributed by atoms with E-state index in [9.17, 15) is 17.2 Å². The molecule has 0 fully saturated rings. The van der Waals surface area contributed by atoms with Crippen LogP contribution in [0, 0.1) is 25.5 Å². The fraction of sp³-hybridized carbons (Fsp3) is 0.143. The van der Waals surface area contributed by atoms with Crippen LogP contribution in [0.1, 0.15) is 11.1 Å². The van der Waals surface area contributed by atoms with Crippen molar-refractivity contribution in [3.05, 3.63) is 57.6 Å². The molecule has 2 aromatic carbocycles. The Morgan fingerprint density at radius 2 is 1.76 bits per heavy atom. The van der Waals surface area contributed by atoms with Gasteiger partial charge in [-0.25, -0.2) is 17.2 Å². The summed E-state index contributed by atoms with van der Waals surface area (Å²) in [6.45, 7) is 3.61. The van der Waals surface area contributed by atoms with Gasteiger partial charge in [0.2, 0.25) is 0 Å². The number of rotatable bonds is 3. The van der Waals surface area contributed by atoms with E-state index in [0.717, 1.165) is 11.6 Å². The molecule has 0 atom stereocenters. The molecule has 2 aromatic rings. The van der Waals surface area contributed by atoms with Gasteiger partial charge in [-0.05, 0) is 47.5 Å². The molecular formula is C14H12BrF2NO2S. The van der Waals surface area contributed by atoms with E-state index in [1.165, 1.54) is 0 Å². The summed E-state index contributed by atoms with van der Waals surface area (Å²) in [6.07, 6.45) is 0. The summed E-state index contributed by atoms with van der Waals surface area (Å²) in [5, 5.41) is 0. The Labute approximate surface area is 130 Å². The Hall–Kier alpha value is -1.47. The third-order valence-electron chi connectivity index (χ3n) is 2.86. The van der Waals surface area contributed by atoms with E-state index in [1.807, 2.05) is 6.92 Å². The van der Waals surface area contributed by atoms with Gasteiger partial charge < -0.3 is 0 Å². The minimum atomic E-state index is -4.17. The number of hydrogen-bond donors (Lipinski definition) is 1. The van der Waals surface area contributed by atoms with Crippen LogP contribution in [0.5, 0.6) is 0 Å². The van der Waals surface area contributed by atoms with Crippen molar-refractivity contribution in [3.63, 3.8) is 0 Å². The first-order chi connectivity index (χ1) is 9.70. The maximum atomic E-state index is 13.8. The number of benzene rings is 2. The van der Waals surface area contributed by atoms with Crippen molar-refractivity contribution in [2.24, 2.45) is 0 Å².